The fraction of sp³-hybridized carbons (Fsp3) is 0.214. The standard InChI is InChI=1S/C14H14N2O4S2/c1-19-12(17)7-10(13(18)20-2)15-8-4-5-9-11(6-8)22-14(16-9)21-3/h4-7,15H,1-3H3/b10-7+. The molecule has 6 nitrogen and oxygen atoms in total. The Labute approximate surface area is 135 Å². The van der Waals surface area contributed by atoms with Gasteiger partial charge in [0.2, 0.25) is 0 Å². The topological polar surface area (TPSA) is 77.5 Å². The molecule has 0 bridgehead atoms. The van der Waals surface area contributed by atoms with Gasteiger partial charge in [-0.25, -0.2) is 14.6 Å². The molecule has 2 aromatic rings. The zero-order valence-corrected chi connectivity index (χ0v) is 13.8. The molecule has 1 N–H and O–H groups in total. The molecule has 0 aliphatic rings. The number of nitrogens with zero attached hydrogens (tertiary/aromatic N) is 1. The van der Waals surface area contributed by atoms with Crippen molar-refractivity contribution in [1.29, 1.82) is 0 Å². The number of nitrogens with one attached hydrogen (secondary N) is 1. The number of anilines is 1. The first kappa shape index (κ1) is 16.3. The van der Waals surface area contributed by atoms with Gasteiger partial charge >= 0.3 is 11.9 Å². The van der Waals surface area contributed by atoms with Crippen LogP contribution in [0.2, 0.25) is 0 Å². The van der Waals surface area contributed by atoms with E-state index < -0.39 is 11.9 Å². The molecule has 0 radical (unpaired) electrons. The number of methoxy groups -OCH3 is 2. The van der Waals surface area contributed by atoms with Crippen LogP contribution in [0.5, 0.6) is 0 Å². The Morgan fingerprint density at radius 2 is 2.09 bits per heavy atom. The Kier molecular flexibility index (Phi) is 5.40. The summed E-state index contributed by atoms with van der Waals surface area (Å²) in [6, 6.07) is 5.49. The van der Waals surface area contributed by atoms with Crippen LogP contribution in [0, 0.1) is 0 Å². The predicted octanol–water partition coefficient (Wildman–Crippen LogP) is 2.66. The molecule has 1 heterocycles. The van der Waals surface area contributed by atoms with Crippen molar-refractivity contribution >= 4 is 50.9 Å². The fourth-order valence-electron chi connectivity index (χ4n) is 1.66. The Bertz CT molecular complexity index is 740. The number of rotatable bonds is 5. The van der Waals surface area contributed by atoms with Gasteiger partial charge in [0.25, 0.3) is 0 Å². The van der Waals surface area contributed by atoms with Gasteiger partial charge in [-0.2, -0.15) is 0 Å². The van der Waals surface area contributed by atoms with Crippen molar-refractivity contribution < 1.29 is 19.1 Å². The van der Waals surface area contributed by atoms with Crippen LogP contribution >= 0.6 is 23.1 Å². The van der Waals surface area contributed by atoms with E-state index in [1.807, 2.05) is 18.4 Å². The predicted molar refractivity (Wildman–Crippen MR) is 87.1 cm³/mol. The lowest BCUT2D eigenvalue weighted by Crippen LogP contribution is -2.15. The van der Waals surface area contributed by atoms with Gasteiger partial charge in [0.15, 0.2) is 4.34 Å². The summed E-state index contributed by atoms with van der Waals surface area (Å²) in [6.45, 7) is 0. The van der Waals surface area contributed by atoms with E-state index in [2.05, 4.69) is 19.8 Å². The number of thioether (sulfide) groups is 1. The number of carbonyl (C=O) groups is 2. The van der Waals surface area contributed by atoms with Gasteiger partial charge in [-0.1, -0.05) is 11.8 Å². The van der Waals surface area contributed by atoms with Gasteiger partial charge in [0.1, 0.15) is 5.70 Å². The molecule has 0 aliphatic carbocycles. The number of ether oxygens (including phenoxy) is 2. The number of aromatic nitrogens is 1. The maximum Gasteiger partial charge on any atom is 0.354 e. The Balaban J connectivity index is 2.31. The number of carbonyl (C=O) groups excluding carboxylic acids is 2. The summed E-state index contributed by atoms with van der Waals surface area (Å²) < 4.78 is 11.1. The summed E-state index contributed by atoms with van der Waals surface area (Å²) in [5, 5.41) is 2.87. The van der Waals surface area contributed by atoms with E-state index in [9.17, 15) is 9.59 Å². The van der Waals surface area contributed by atoms with Gasteiger partial charge in [-0.15, -0.1) is 11.3 Å². The minimum Gasteiger partial charge on any atom is -0.466 e. The average molecular weight is 338 g/mol. The maximum absolute atomic E-state index is 11.7. The van der Waals surface area contributed by atoms with E-state index in [-0.39, 0.29) is 5.70 Å². The van der Waals surface area contributed by atoms with Gasteiger partial charge in [-0.3, -0.25) is 0 Å². The first-order chi connectivity index (χ1) is 10.6. The Morgan fingerprint density at radius 3 is 2.73 bits per heavy atom. The molecule has 2 rings (SSSR count). The molecule has 0 aliphatic heterocycles. The van der Waals surface area contributed by atoms with Crippen LogP contribution in [0.15, 0.2) is 34.3 Å². The summed E-state index contributed by atoms with van der Waals surface area (Å²) in [5.41, 5.74) is 1.55. The summed E-state index contributed by atoms with van der Waals surface area (Å²) in [4.78, 5) is 27.5. The third kappa shape index (κ3) is 3.77. The van der Waals surface area contributed by atoms with Crippen LogP contribution in [-0.2, 0) is 19.1 Å². The van der Waals surface area contributed by atoms with E-state index in [1.165, 1.54) is 14.2 Å². The van der Waals surface area contributed by atoms with Crippen LogP contribution in [0.25, 0.3) is 10.2 Å². The lowest BCUT2D eigenvalue weighted by Gasteiger charge is -2.08. The molecule has 0 spiro atoms. The van der Waals surface area contributed by atoms with Crippen LogP contribution in [0.3, 0.4) is 0 Å². The molecule has 0 unspecified atom stereocenters. The van der Waals surface area contributed by atoms with E-state index in [0.29, 0.717) is 5.69 Å². The second kappa shape index (κ2) is 7.28. The van der Waals surface area contributed by atoms with E-state index in [0.717, 1.165) is 20.6 Å². The molecule has 0 fully saturated rings. The summed E-state index contributed by atoms with van der Waals surface area (Å²) >= 11 is 3.13. The molecule has 1 aromatic heterocycles. The number of fused-ring (bicyclic) bond motifs is 1. The number of benzene rings is 1. The molecule has 116 valence electrons. The minimum absolute atomic E-state index is 0.00306. The SMILES string of the molecule is COC(=O)/C=C(/Nc1ccc2nc(SC)sc2c1)C(=O)OC. The molecule has 0 saturated carbocycles. The zero-order valence-electron chi connectivity index (χ0n) is 12.2. The number of thiazole rings is 1. The van der Waals surface area contributed by atoms with Crippen molar-refractivity contribution in [3.8, 4) is 0 Å². The zero-order chi connectivity index (χ0) is 16.1. The summed E-state index contributed by atoms with van der Waals surface area (Å²) in [7, 11) is 2.48. The Morgan fingerprint density at radius 1 is 1.32 bits per heavy atom. The quantitative estimate of drug-likeness (QED) is 0.510. The average Bonchev–Trinajstić information content (AvgIpc) is 2.95. The lowest BCUT2D eigenvalue weighted by atomic mass is 10.2. The highest BCUT2D eigenvalue weighted by molar-refractivity contribution is 8.00. The highest BCUT2D eigenvalue weighted by Crippen LogP contribution is 2.30. The van der Waals surface area contributed by atoms with Crippen LogP contribution in [0.4, 0.5) is 5.69 Å². The number of hydrogen-bond acceptors (Lipinski definition) is 8. The van der Waals surface area contributed by atoms with Crippen molar-refractivity contribution in [3.05, 3.63) is 30.0 Å². The minimum atomic E-state index is -0.653. The maximum atomic E-state index is 11.7. The third-order valence-corrected chi connectivity index (χ3v) is 4.69. The van der Waals surface area contributed by atoms with Gasteiger partial charge < -0.3 is 14.8 Å². The van der Waals surface area contributed by atoms with Crippen molar-refractivity contribution in [2.24, 2.45) is 0 Å². The molecule has 8 heteroatoms. The van der Waals surface area contributed by atoms with Gasteiger partial charge in [0.05, 0.1) is 30.5 Å². The van der Waals surface area contributed by atoms with E-state index in [1.54, 1.807) is 29.2 Å². The summed E-state index contributed by atoms with van der Waals surface area (Å²) in [6.07, 6.45) is 3.02. The molecule has 0 atom stereocenters. The fourth-order valence-corrected chi connectivity index (χ4v) is 3.19. The van der Waals surface area contributed by atoms with Crippen molar-refractivity contribution in [3.63, 3.8) is 0 Å². The van der Waals surface area contributed by atoms with Crippen molar-refractivity contribution in [2.75, 3.05) is 25.8 Å². The number of hydrogen-bond donors (Lipinski definition) is 1. The molecule has 1 aromatic carbocycles. The smallest absolute Gasteiger partial charge is 0.354 e. The van der Waals surface area contributed by atoms with Crippen molar-refractivity contribution in [2.45, 2.75) is 4.34 Å². The first-order valence-corrected chi connectivity index (χ1v) is 8.21. The van der Waals surface area contributed by atoms with Gasteiger partial charge in [-0.05, 0) is 24.5 Å². The molecular formula is C14H14N2O4S2. The largest absolute Gasteiger partial charge is 0.466 e. The van der Waals surface area contributed by atoms with Gasteiger partial charge in [0, 0.05) is 5.69 Å². The Hall–Kier alpha value is -2.06. The normalized spacial score (nSPS) is 11.3. The molecule has 22 heavy (non-hydrogen) atoms. The van der Waals surface area contributed by atoms with E-state index >= 15 is 0 Å². The lowest BCUT2D eigenvalue weighted by molar-refractivity contribution is -0.138. The number of esters is 2. The second-order valence-corrected chi connectivity index (χ2v) is 6.15. The first-order valence-electron chi connectivity index (χ1n) is 6.17. The second-order valence-electron chi connectivity index (χ2n) is 4.06. The van der Waals surface area contributed by atoms with E-state index in [4.69, 9.17) is 0 Å². The molecule has 0 saturated heterocycles. The summed E-state index contributed by atoms with van der Waals surface area (Å²) in [5.74, 6) is -1.30. The van der Waals surface area contributed by atoms with Crippen LogP contribution in [0.1, 0.15) is 0 Å². The van der Waals surface area contributed by atoms with Crippen LogP contribution < -0.4 is 5.32 Å². The third-order valence-electron chi connectivity index (χ3n) is 2.69. The monoisotopic (exact) mass is 338 g/mol. The van der Waals surface area contributed by atoms with Crippen LogP contribution in [-0.4, -0.2) is 37.4 Å². The highest BCUT2D eigenvalue weighted by Gasteiger charge is 2.13. The molecule has 0 amide bonds. The van der Waals surface area contributed by atoms with Crippen molar-refractivity contribution in [1.82, 2.24) is 4.98 Å². The highest BCUT2D eigenvalue weighted by atomic mass is 32.2. The molecular weight excluding hydrogens is 324 g/mol.